The summed E-state index contributed by atoms with van der Waals surface area (Å²) in [6.07, 6.45) is 26.3. The van der Waals surface area contributed by atoms with Crippen LogP contribution in [0, 0.1) is 50.2 Å². The highest BCUT2D eigenvalue weighted by atomic mass is 127. The number of anilines is 6. The molecular weight excluding hydrogens is 1890 g/mol. The van der Waals surface area contributed by atoms with E-state index >= 15 is 0 Å². The summed E-state index contributed by atoms with van der Waals surface area (Å²) < 4.78 is 30.1. The van der Waals surface area contributed by atoms with Crippen LogP contribution in [0.4, 0.5) is 34.1 Å². The number of thiophene rings is 6. The number of esters is 6. The van der Waals surface area contributed by atoms with Crippen molar-refractivity contribution in [2.45, 2.75) is 225 Å². The van der Waals surface area contributed by atoms with Crippen LogP contribution in [-0.2, 0) is 47.6 Å². The molecule has 0 atom stereocenters. The van der Waals surface area contributed by atoms with E-state index in [0.717, 1.165) is 264 Å². The summed E-state index contributed by atoms with van der Waals surface area (Å²) in [6.45, 7) is 19.0. The van der Waals surface area contributed by atoms with Gasteiger partial charge in [-0.2, -0.15) is 0 Å². The van der Waals surface area contributed by atoms with Crippen LogP contribution in [0.15, 0.2) is 63.3 Å². The van der Waals surface area contributed by atoms with E-state index in [9.17, 15) is 47.9 Å². The number of methoxy groups -OCH3 is 6. The first-order valence-electron chi connectivity index (χ1n) is 47.0. The third kappa shape index (κ3) is 29.5. The van der Waals surface area contributed by atoms with Crippen LogP contribution in [0.5, 0.6) is 0 Å². The molecule has 131 heavy (non-hydrogen) atoms. The largest absolute Gasteiger partial charge is 0.465 e. The monoisotopic (exact) mass is 2040 g/mol. The first-order valence-corrected chi connectivity index (χ1v) is 53.2. The lowest BCUT2D eigenvalue weighted by molar-refractivity contribution is -0.125. The minimum Gasteiger partial charge on any atom is -0.465 e. The molecule has 4 saturated carbocycles. The number of nitrogen functional groups attached to an aromatic ring is 1. The number of halogens is 1. The average Bonchev–Trinajstić information content (AvgIpc) is 1.73. The Bertz CT molecular complexity index is 4500. The van der Waals surface area contributed by atoms with Crippen LogP contribution in [0.25, 0.3) is 0 Å². The van der Waals surface area contributed by atoms with Crippen molar-refractivity contribution in [1.29, 1.82) is 0 Å². The van der Waals surface area contributed by atoms with Crippen LogP contribution in [0.3, 0.4) is 0 Å². The number of nitrogens with two attached hydrogens (primary N) is 1. The summed E-state index contributed by atoms with van der Waals surface area (Å²) >= 11 is 10.4. The molecule has 27 nitrogen and oxygen atoms in total. The molecule has 6 aromatic rings. The van der Waals surface area contributed by atoms with Gasteiger partial charge >= 0.3 is 35.8 Å². The molecular formula is C97H142IN11O16S6. The Morgan fingerprint density at radius 3 is 0.916 bits per heavy atom. The van der Waals surface area contributed by atoms with E-state index in [1.54, 1.807) is 11.4 Å². The molecule has 4 amide bonds. The molecule has 11 heterocycles. The van der Waals surface area contributed by atoms with Crippen LogP contribution in [-0.4, -0.2) is 246 Å². The Labute approximate surface area is 813 Å². The van der Waals surface area contributed by atoms with Crippen LogP contribution in [0.2, 0.25) is 0 Å². The van der Waals surface area contributed by atoms with Gasteiger partial charge in [-0.1, -0.05) is 27.7 Å². The molecule has 0 aromatic carbocycles. The number of hydrogen-bond acceptors (Lipinski definition) is 29. The van der Waals surface area contributed by atoms with Crippen molar-refractivity contribution in [3.8, 4) is 0 Å². The zero-order valence-corrected chi connectivity index (χ0v) is 86.4. The topological polar surface area (TPSA) is 302 Å². The predicted octanol–water partition coefficient (Wildman–Crippen LogP) is 18.6. The van der Waals surface area contributed by atoms with Crippen molar-refractivity contribution in [3.05, 3.63) is 95.4 Å². The van der Waals surface area contributed by atoms with E-state index < -0.39 is 0 Å². The number of nitrogens with zero attached hydrogens (tertiary/aromatic N) is 8. The third-order valence-electron chi connectivity index (χ3n) is 27.6. The van der Waals surface area contributed by atoms with E-state index in [4.69, 9.17) is 29.4 Å². The van der Waals surface area contributed by atoms with Gasteiger partial charge in [-0.3, -0.25) is 19.2 Å². The minimum atomic E-state index is -0.368. The van der Waals surface area contributed by atoms with Crippen LogP contribution in [0.1, 0.15) is 253 Å². The molecule has 4 aliphatic carbocycles. The number of piperidine rings is 5. The Balaban J connectivity index is 0.000000166. The number of rotatable bonds is 20. The fraction of sp³-hybridized carbons (Fsp3) is 0.649. The van der Waals surface area contributed by atoms with Crippen LogP contribution >= 0.6 is 90.6 Å². The van der Waals surface area contributed by atoms with Gasteiger partial charge in [0.25, 0.3) is 0 Å². The number of likely N-dealkylation sites (tertiary alicyclic amines) is 4. The Hall–Kier alpha value is -6.97. The molecule has 4 N–H and O–H groups in total. The van der Waals surface area contributed by atoms with Gasteiger partial charge in [0.15, 0.2) is 0 Å². The summed E-state index contributed by atoms with van der Waals surface area (Å²) in [5.41, 5.74) is 9.82. The molecule has 5 aliphatic heterocycles. The maximum atomic E-state index is 13.6. The molecule has 15 rings (SSSR count). The maximum absolute atomic E-state index is 13.6. The van der Waals surface area contributed by atoms with Gasteiger partial charge in [-0.15, -0.1) is 68.0 Å². The molecule has 0 radical (unpaired) electrons. The normalized spacial score (nSPS) is 22.8. The lowest BCUT2D eigenvalue weighted by atomic mass is 9.82. The van der Waals surface area contributed by atoms with E-state index in [0.29, 0.717) is 64.7 Å². The summed E-state index contributed by atoms with van der Waals surface area (Å²) in [4.78, 5) is 146. The van der Waals surface area contributed by atoms with Gasteiger partial charge < -0.3 is 84.0 Å². The molecule has 6 aromatic heterocycles. The second-order valence-corrected chi connectivity index (χ2v) is 44.5. The number of nitrogens with one attached hydrogen (secondary N) is 2. The SMILES string of the molecule is COC(=O)c1sc(I)cc1N(C(=O)C1CCC(C)CC1)C1CCN(C)CC1.COC(=O)c1sccc1N.COC(=O)c1sccc1N(C(=O)C1CCC(C)CC1)C1CCN(C)CC1.COC(=O)c1sccc1N(C(=O)C1CCC(C)CC1)C1CCN(C)CC1.COC(=O)c1sccc1N(C(=O)C1CCC(C)CC1)C1CCNCC1.COC(=O)c1sccc1NC1CCN(C)CC1. The van der Waals surface area contributed by atoms with E-state index in [2.05, 4.69) is 113 Å². The molecule has 0 spiro atoms. The molecule has 0 unspecified atom stereocenters. The first kappa shape index (κ1) is 106. The van der Waals surface area contributed by atoms with E-state index in [-0.39, 0.29) is 107 Å². The van der Waals surface area contributed by atoms with Crippen molar-refractivity contribution in [2.75, 3.05) is 167 Å². The van der Waals surface area contributed by atoms with Gasteiger partial charge in [-0.25, -0.2) is 28.8 Å². The van der Waals surface area contributed by atoms with Crippen molar-refractivity contribution in [3.63, 3.8) is 0 Å². The Kier molecular flexibility index (Phi) is 42.9. The predicted molar refractivity (Wildman–Crippen MR) is 537 cm³/mol. The quantitative estimate of drug-likeness (QED) is 0.0363. The fourth-order valence-electron chi connectivity index (χ4n) is 19.2. The zero-order chi connectivity index (χ0) is 94.5. The van der Waals surface area contributed by atoms with Crippen molar-refractivity contribution < 1.29 is 76.4 Å². The van der Waals surface area contributed by atoms with Crippen molar-refractivity contribution >= 4 is 184 Å². The lowest BCUT2D eigenvalue weighted by Gasteiger charge is -2.39. The van der Waals surface area contributed by atoms with Gasteiger partial charge in [0, 0.05) is 53.9 Å². The van der Waals surface area contributed by atoms with Gasteiger partial charge in [-0.05, 0) is 370 Å². The highest BCUT2D eigenvalue weighted by Gasteiger charge is 2.43. The average molecular weight is 2040 g/mol. The number of carbonyl (C=O) groups excluding carboxylic acids is 10. The number of ether oxygens (including phenoxy) is 6. The second kappa shape index (κ2) is 52.9. The molecule has 724 valence electrons. The Morgan fingerprint density at radius 2 is 0.603 bits per heavy atom. The summed E-state index contributed by atoms with van der Waals surface area (Å²) in [5, 5.41) is 16.1. The number of hydrogen-bond donors (Lipinski definition) is 3. The highest BCUT2D eigenvalue weighted by Crippen LogP contribution is 2.44. The summed E-state index contributed by atoms with van der Waals surface area (Å²) in [7, 11) is 16.9. The fourth-order valence-corrected chi connectivity index (χ4v) is 24.9. The summed E-state index contributed by atoms with van der Waals surface area (Å²) in [6, 6.07) is 12.5. The molecule has 0 bridgehead atoms. The summed E-state index contributed by atoms with van der Waals surface area (Å²) in [5.74, 6) is 1.94. The third-order valence-corrected chi connectivity index (χ3v) is 33.9. The maximum Gasteiger partial charge on any atom is 0.350 e. The van der Waals surface area contributed by atoms with Gasteiger partial charge in [0.05, 0.1) is 79.7 Å². The van der Waals surface area contributed by atoms with Crippen LogP contribution < -0.4 is 36.0 Å². The first-order chi connectivity index (χ1) is 63.0. The molecule has 9 fully saturated rings. The lowest BCUT2D eigenvalue weighted by Crippen LogP contribution is -2.49. The minimum absolute atomic E-state index is 0.0731. The zero-order valence-electron chi connectivity index (χ0n) is 79.3. The molecule has 34 heteroatoms. The highest BCUT2D eigenvalue weighted by molar-refractivity contribution is 14.1. The van der Waals surface area contributed by atoms with Crippen molar-refractivity contribution in [2.24, 2.45) is 47.3 Å². The van der Waals surface area contributed by atoms with Crippen molar-refractivity contribution in [1.82, 2.24) is 24.9 Å². The van der Waals surface area contributed by atoms with E-state index in [1.807, 2.05) is 71.5 Å². The second-order valence-electron chi connectivity index (χ2n) is 37.0. The van der Waals surface area contributed by atoms with E-state index in [1.165, 1.54) is 111 Å². The smallest absolute Gasteiger partial charge is 0.350 e. The molecule has 5 saturated heterocycles. The number of carbonyl (C=O) groups is 10. The Morgan fingerprint density at radius 1 is 0.344 bits per heavy atom. The van der Waals surface area contributed by atoms with Gasteiger partial charge in [0.2, 0.25) is 23.6 Å². The number of amides is 4. The molecule has 9 aliphatic rings. The standard InChI is InChI=1S/C20H29IN2O3S.2C20H30N2O3S.C19H28N2O3S.C12H18N2O2S.C6H7NO2S/c1-13-4-6-14(7-5-13)19(24)23(15-8-10-22(2)11-9-15)16-12-17(21)27-18(16)20(25)26-3;2*1-14-4-6-15(7-5-14)19(23)22(16-8-11-21(2)12-9-16)17-10-13-26-18(17)20(24)25-3;1-13-3-5-14(6-4-13)18(22)21(15-7-10-20-11-8-15)16-9-12-25-17(16)19(23)24-2;1-14-6-3-9(4-7-14)13-10-5-8-17-11(10)12(15)16-2;1-9-6(8)5-4(7)2-3-10-5/h12-15H,4-11H2,1-3H3;2*10,13-16H,4-9,11-12H2,1-3H3;9,12-15,20H,3-8,10-11H2,1-2H3;5,8-9,13H,3-4,6-7H2,1-2H3;2-3H,7H2,1H3. The van der Waals surface area contributed by atoms with Gasteiger partial charge in [0.1, 0.15) is 29.3 Å².